The van der Waals surface area contributed by atoms with Gasteiger partial charge in [0, 0.05) is 31.3 Å². The molecule has 2 rings (SSSR count). The summed E-state index contributed by atoms with van der Waals surface area (Å²) in [7, 11) is 0. The summed E-state index contributed by atoms with van der Waals surface area (Å²) in [6.45, 7) is 5.24. The summed E-state index contributed by atoms with van der Waals surface area (Å²) in [5.74, 6) is -1.29. The molecule has 0 amide bonds. The number of rotatable bonds is 6. The molecule has 23 heavy (non-hydrogen) atoms. The fourth-order valence-electron chi connectivity index (χ4n) is 2.14. The molecule has 1 aliphatic heterocycles. The van der Waals surface area contributed by atoms with Crippen molar-refractivity contribution in [1.29, 1.82) is 0 Å². The number of ether oxygens (including phenoxy) is 1. The minimum absolute atomic E-state index is 0.189. The molecule has 0 spiro atoms. The van der Waals surface area contributed by atoms with Crippen LogP contribution in [0.1, 0.15) is 12.0 Å². The molecule has 1 fully saturated rings. The molecule has 0 radical (unpaired) electrons. The van der Waals surface area contributed by atoms with Gasteiger partial charge in [-0.25, -0.2) is 8.78 Å². The number of hydrogen-bond acceptors (Lipinski definition) is 4. The molecular weight excluding hydrogens is 322 g/mol. The Hall–Kier alpha value is -1.64. The molecule has 0 aliphatic carbocycles. The lowest BCUT2D eigenvalue weighted by atomic mass is 10.2. The Morgan fingerprint density at radius 2 is 2.13 bits per heavy atom. The number of morpholine rings is 1. The Balaban J connectivity index is 1.61. The van der Waals surface area contributed by atoms with E-state index in [1.807, 2.05) is 0 Å². The Morgan fingerprint density at radius 3 is 2.87 bits per heavy atom. The van der Waals surface area contributed by atoms with Crippen molar-refractivity contribution in [3.8, 4) is 0 Å². The first-order chi connectivity index (χ1) is 11.1. The van der Waals surface area contributed by atoms with Gasteiger partial charge in [0.1, 0.15) is 11.6 Å². The average molecular weight is 342 g/mol. The van der Waals surface area contributed by atoms with Gasteiger partial charge in [-0.1, -0.05) is 0 Å². The van der Waals surface area contributed by atoms with Crippen molar-refractivity contribution < 1.29 is 13.5 Å². The molecule has 5 nitrogen and oxygen atoms in total. The Kier molecular flexibility index (Phi) is 7.31. The molecule has 2 N–H and O–H groups in total. The first-order valence-corrected chi connectivity index (χ1v) is 7.88. The molecule has 1 aliphatic rings. The topological polar surface area (TPSA) is 48.9 Å². The van der Waals surface area contributed by atoms with Gasteiger partial charge >= 0.3 is 0 Å². The maximum atomic E-state index is 13.4. The van der Waals surface area contributed by atoms with Crippen LogP contribution in [0.2, 0.25) is 0 Å². The smallest absolute Gasteiger partial charge is 0.186 e. The third-order valence-electron chi connectivity index (χ3n) is 3.37. The van der Waals surface area contributed by atoms with Crippen LogP contribution in [0.3, 0.4) is 0 Å². The van der Waals surface area contributed by atoms with Crippen molar-refractivity contribution in [2.75, 3.05) is 39.4 Å². The van der Waals surface area contributed by atoms with Crippen molar-refractivity contribution in [3.05, 3.63) is 35.4 Å². The quantitative estimate of drug-likeness (QED) is 0.355. The van der Waals surface area contributed by atoms with Crippen LogP contribution in [-0.2, 0) is 4.74 Å². The van der Waals surface area contributed by atoms with E-state index in [0.29, 0.717) is 5.11 Å². The molecule has 8 heteroatoms. The second-order valence-electron chi connectivity index (χ2n) is 5.10. The van der Waals surface area contributed by atoms with Crippen LogP contribution in [0, 0.1) is 11.6 Å². The first kappa shape index (κ1) is 17.7. The van der Waals surface area contributed by atoms with Crippen molar-refractivity contribution in [3.63, 3.8) is 0 Å². The predicted molar refractivity (Wildman–Crippen MR) is 89.6 cm³/mol. The summed E-state index contributed by atoms with van der Waals surface area (Å²) in [5, 5.41) is 7.23. The molecule has 1 aromatic carbocycles. The van der Waals surface area contributed by atoms with Crippen molar-refractivity contribution in [2.24, 2.45) is 5.10 Å². The van der Waals surface area contributed by atoms with Crippen molar-refractivity contribution in [2.45, 2.75) is 6.42 Å². The number of benzene rings is 1. The van der Waals surface area contributed by atoms with Gasteiger partial charge in [-0.2, -0.15) is 5.10 Å². The summed E-state index contributed by atoms with van der Waals surface area (Å²) in [6, 6.07) is 3.30. The minimum atomic E-state index is -0.667. The Labute approximate surface area is 139 Å². The van der Waals surface area contributed by atoms with E-state index in [9.17, 15) is 8.78 Å². The van der Waals surface area contributed by atoms with E-state index in [1.54, 1.807) is 0 Å². The van der Waals surface area contributed by atoms with Crippen LogP contribution in [0.25, 0.3) is 0 Å². The van der Waals surface area contributed by atoms with Crippen LogP contribution in [0.5, 0.6) is 0 Å². The number of hydrogen-bond donors (Lipinski definition) is 2. The van der Waals surface area contributed by atoms with E-state index < -0.39 is 11.6 Å². The van der Waals surface area contributed by atoms with Gasteiger partial charge in [-0.05, 0) is 37.3 Å². The zero-order chi connectivity index (χ0) is 16.5. The zero-order valence-electron chi connectivity index (χ0n) is 12.7. The summed E-state index contributed by atoms with van der Waals surface area (Å²) in [6.07, 6.45) is 2.22. The van der Waals surface area contributed by atoms with Gasteiger partial charge in [0.15, 0.2) is 5.11 Å². The van der Waals surface area contributed by atoms with E-state index in [2.05, 4.69) is 20.7 Å². The number of halogens is 2. The largest absolute Gasteiger partial charge is 0.379 e. The normalized spacial score (nSPS) is 15.7. The van der Waals surface area contributed by atoms with E-state index in [-0.39, 0.29) is 5.56 Å². The minimum Gasteiger partial charge on any atom is -0.379 e. The third kappa shape index (κ3) is 6.55. The molecular formula is C15H20F2N4OS. The van der Waals surface area contributed by atoms with E-state index in [1.165, 1.54) is 18.3 Å². The highest BCUT2D eigenvalue weighted by Gasteiger charge is 2.09. The molecule has 0 saturated carbocycles. The van der Waals surface area contributed by atoms with Crippen molar-refractivity contribution >= 4 is 23.5 Å². The molecule has 1 saturated heterocycles. The van der Waals surface area contributed by atoms with E-state index >= 15 is 0 Å². The fraction of sp³-hybridized carbons (Fsp3) is 0.467. The van der Waals surface area contributed by atoms with Crippen LogP contribution < -0.4 is 10.7 Å². The molecule has 0 bridgehead atoms. The van der Waals surface area contributed by atoms with Crippen LogP contribution in [-0.4, -0.2) is 55.6 Å². The Morgan fingerprint density at radius 1 is 1.35 bits per heavy atom. The van der Waals surface area contributed by atoms with Crippen molar-refractivity contribution in [1.82, 2.24) is 15.6 Å². The summed E-state index contributed by atoms with van der Waals surface area (Å²) in [5.41, 5.74) is 2.80. The molecule has 1 heterocycles. The first-order valence-electron chi connectivity index (χ1n) is 7.47. The number of hydrazone groups is 1. The number of nitrogens with zero attached hydrogens (tertiary/aromatic N) is 2. The SMILES string of the molecule is Fc1ccc(/C=N\NC(=S)NCCCN2CCOCC2)c(F)c1. The molecule has 0 atom stereocenters. The highest BCUT2D eigenvalue weighted by molar-refractivity contribution is 7.80. The second-order valence-corrected chi connectivity index (χ2v) is 5.51. The maximum Gasteiger partial charge on any atom is 0.186 e. The van der Waals surface area contributed by atoms with Gasteiger partial charge < -0.3 is 10.1 Å². The maximum absolute atomic E-state index is 13.4. The highest BCUT2D eigenvalue weighted by Crippen LogP contribution is 2.06. The molecule has 0 aromatic heterocycles. The third-order valence-corrected chi connectivity index (χ3v) is 3.61. The van der Waals surface area contributed by atoms with Crippen LogP contribution in [0.15, 0.2) is 23.3 Å². The van der Waals surface area contributed by atoms with E-state index in [4.69, 9.17) is 17.0 Å². The van der Waals surface area contributed by atoms with Crippen LogP contribution >= 0.6 is 12.2 Å². The number of nitrogens with one attached hydrogen (secondary N) is 2. The predicted octanol–water partition coefficient (Wildman–Crippen LogP) is 1.49. The zero-order valence-corrected chi connectivity index (χ0v) is 13.5. The fourth-order valence-corrected chi connectivity index (χ4v) is 2.29. The number of thiocarbonyl (C=S) groups is 1. The lowest BCUT2D eigenvalue weighted by Gasteiger charge is -2.26. The lowest BCUT2D eigenvalue weighted by Crippen LogP contribution is -2.39. The van der Waals surface area contributed by atoms with Gasteiger partial charge in [0.2, 0.25) is 0 Å². The monoisotopic (exact) mass is 342 g/mol. The highest BCUT2D eigenvalue weighted by atomic mass is 32.1. The van der Waals surface area contributed by atoms with Gasteiger partial charge in [0.05, 0.1) is 19.4 Å². The average Bonchev–Trinajstić information content (AvgIpc) is 2.55. The molecule has 126 valence electrons. The van der Waals surface area contributed by atoms with E-state index in [0.717, 1.165) is 51.9 Å². The molecule has 0 unspecified atom stereocenters. The summed E-state index contributed by atoms with van der Waals surface area (Å²) >= 11 is 5.07. The summed E-state index contributed by atoms with van der Waals surface area (Å²) < 4.78 is 31.4. The van der Waals surface area contributed by atoms with Gasteiger partial charge in [-0.3, -0.25) is 10.3 Å². The van der Waals surface area contributed by atoms with Gasteiger partial charge in [-0.15, -0.1) is 0 Å². The second kappa shape index (κ2) is 9.49. The lowest BCUT2D eigenvalue weighted by molar-refractivity contribution is 0.0376. The van der Waals surface area contributed by atoms with Crippen LogP contribution in [0.4, 0.5) is 8.78 Å². The van der Waals surface area contributed by atoms with Gasteiger partial charge in [0.25, 0.3) is 0 Å². The molecule has 1 aromatic rings. The Bertz CT molecular complexity index is 550. The standard InChI is InChI=1S/C15H20F2N4OS/c16-13-3-2-12(14(17)10-13)11-19-20-15(23)18-4-1-5-21-6-8-22-9-7-21/h2-3,10-11H,1,4-9H2,(H2,18,20,23)/b19-11-. The summed E-state index contributed by atoms with van der Waals surface area (Å²) in [4.78, 5) is 2.34.